The lowest BCUT2D eigenvalue weighted by Gasteiger charge is -2.19. The van der Waals surface area contributed by atoms with Gasteiger partial charge in [-0.3, -0.25) is 14.4 Å². The predicted molar refractivity (Wildman–Crippen MR) is 142 cm³/mol. The van der Waals surface area contributed by atoms with Gasteiger partial charge in [0.25, 0.3) is 15.9 Å². The third-order valence-corrected chi connectivity index (χ3v) is 8.05. The van der Waals surface area contributed by atoms with Gasteiger partial charge in [-0.25, -0.2) is 13.4 Å². The molecule has 0 aliphatic rings. The van der Waals surface area contributed by atoms with Crippen molar-refractivity contribution in [3.63, 3.8) is 0 Å². The standard InChI is InChI=1S/C27H23N3O4S2/c1-18-15-19(2)25-24(16-18)35-27(28-25)30(17-22-7-6-14-34-22)26(31)20-10-12-21(13-11-20)29-36(32,33)23-8-4-3-5-9-23/h3-16,29H,17H2,1-2H3. The SMILES string of the molecule is Cc1cc(C)c2nc(N(Cc3ccco3)C(=O)c3ccc(NS(=O)(=O)c4ccccc4)cc3)sc2c1. The molecule has 0 bridgehead atoms. The van der Waals surface area contributed by atoms with Gasteiger partial charge < -0.3 is 4.42 Å². The summed E-state index contributed by atoms with van der Waals surface area (Å²) < 4.78 is 34.3. The van der Waals surface area contributed by atoms with Crippen LogP contribution in [0.15, 0.2) is 94.4 Å². The fourth-order valence-corrected chi connectivity index (χ4v) is 6.13. The molecule has 0 saturated carbocycles. The second-order valence-corrected chi connectivity index (χ2v) is 11.1. The number of carbonyl (C=O) groups is 1. The van der Waals surface area contributed by atoms with Crippen molar-refractivity contribution in [2.45, 2.75) is 25.3 Å². The van der Waals surface area contributed by atoms with Crippen molar-refractivity contribution in [1.82, 2.24) is 4.98 Å². The largest absolute Gasteiger partial charge is 0.467 e. The highest BCUT2D eigenvalue weighted by Gasteiger charge is 2.23. The maximum absolute atomic E-state index is 13.6. The Balaban J connectivity index is 1.44. The molecule has 0 radical (unpaired) electrons. The summed E-state index contributed by atoms with van der Waals surface area (Å²) in [7, 11) is -3.73. The number of fused-ring (bicyclic) bond motifs is 1. The van der Waals surface area contributed by atoms with E-state index >= 15 is 0 Å². The van der Waals surface area contributed by atoms with Crippen LogP contribution in [-0.2, 0) is 16.6 Å². The highest BCUT2D eigenvalue weighted by molar-refractivity contribution is 7.92. The molecule has 1 amide bonds. The normalized spacial score (nSPS) is 11.5. The van der Waals surface area contributed by atoms with Crippen molar-refractivity contribution in [2.75, 3.05) is 9.62 Å². The zero-order valence-electron chi connectivity index (χ0n) is 19.6. The van der Waals surface area contributed by atoms with Gasteiger partial charge in [-0.05, 0) is 79.6 Å². The van der Waals surface area contributed by atoms with E-state index in [0.29, 0.717) is 22.1 Å². The molecule has 5 aromatic rings. The van der Waals surface area contributed by atoms with E-state index in [9.17, 15) is 13.2 Å². The maximum Gasteiger partial charge on any atom is 0.261 e. The lowest BCUT2D eigenvalue weighted by Crippen LogP contribution is -2.30. The quantitative estimate of drug-likeness (QED) is 0.279. The molecule has 5 rings (SSSR count). The van der Waals surface area contributed by atoms with Crippen molar-refractivity contribution in [1.29, 1.82) is 0 Å². The van der Waals surface area contributed by atoms with Crippen LogP contribution in [0.2, 0.25) is 0 Å². The lowest BCUT2D eigenvalue weighted by molar-refractivity contribution is 0.0983. The van der Waals surface area contributed by atoms with E-state index in [0.717, 1.165) is 21.3 Å². The Morgan fingerprint density at radius 2 is 1.75 bits per heavy atom. The minimum absolute atomic E-state index is 0.163. The van der Waals surface area contributed by atoms with E-state index in [1.807, 2.05) is 19.9 Å². The lowest BCUT2D eigenvalue weighted by atomic mass is 10.1. The number of nitrogens with one attached hydrogen (secondary N) is 1. The third-order valence-electron chi connectivity index (χ3n) is 5.63. The van der Waals surface area contributed by atoms with Crippen LogP contribution in [0, 0.1) is 13.8 Å². The highest BCUT2D eigenvalue weighted by Crippen LogP contribution is 2.33. The number of thiazole rings is 1. The van der Waals surface area contributed by atoms with Gasteiger partial charge in [-0.15, -0.1) is 0 Å². The number of benzene rings is 3. The molecule has 182 valence electrons. The number of furan rings is 1. The van der Waals surface area contributed by atoms with Gasteiger partial charge in [-0.2, -0.15) is 0 Å². The molecule has 3 aromatic carbocycles. The van der Waals surface area contributed by atoms with Gasteiger partial charge in [0.15, 0.2) is 5.13 Å². The van der Waals surface area contributed by atoms with Gasteiger partial charge in [0.1, 0.15) is 5.76 Å². The predicted octanol–water partition coefficient (Wildman–Crippen LogP) is 6.15. The van der Waals surface area contributed by atoms with Gasteiger partial charge in [0, 0.05) is 11.3 Å². The first-order chi connectivity index (χ1) is 17.3. The molecule has 2 aromatic heterocycles. The molecule has 0 unspecified atom stereocenters. The smallest absolute Gasteiger partial charge is 0.261 e. The van der Waals surface area contributed by atoms with Crippen molar-refractivity contribution < 1.29 is 17.6 Å². The fraction of sp³-hybridized carbons (Fsp3) is 0.111. The number of hydrogen-bond acceptors (Lipinski definition) is 6. The summed E-state index contributed by atoms with van der Waals surface area (Å²) in [6.45, 7) is 4.25. The summed E-state index contributed by atoms with van der Waals surface area (Å²) in [4.78, 5) is 20.1. The van der Waals surface area contributed by atoms with Crippen molar-refractivity contribution in [3.05, 3.63) is 108 Å². The van der Waals surface area contributed by atoms with Gasteiger partial charge in [-0.1, -0.05) is 35.6 Å². The topological polar surface area (TPSA) is 92.5 Å². The van der Waals surface area contributed by atoms with E-state index in [1.165, 1.54) is 23.5 Å². The molecule has 2 heterocycles. The first kappa shape index (κ1) is 23.8. The van der Waals surface area contributed by atoms with Crippen LogP contribution in [0.3, 0.4) is 0 Å². The molecular weight excluding hydrogens is 494 g/mol. The first-order valence-corrected chi connectivity index (χ1v) is 13.5. The number of carbonyl (C=O) groups excluding carboxylic acids is 1. The summed E-state index contributed by atoms with van der Waals surface area (Å²) in [5, 5.41) is 0.564. The number of rotatable bonds is 7. The van der Waals surface area contributed by atoms with Crippen LogP contribution in [-0.4, -0.2) is 19.3 Å². The van der Waals surface area contributed by atoms with Gasteiger partial charge in [0.2, 0.25) is 0 Å². The van der Waals surface area contributed by atoms with Crippen molar-refractivity contribution >= 4 is 48.3 Å². The van der Waals surface area contributed by atoms with Crippen LogP contribution in [0.5, 0.6) is 0 Å². The molecule has 1 N–H and O–H groups in total. The summed E-state index contributed by atoms with van der Waals surface area (Å²) in [5.41, 5.74) is 3.81. The average Bonchev–Trinajstić information content (AvgIpc) is 3.53. The Kier molecular flexibility index (Phi) is 6.34. The molecule has 0 saturated heterocycles. The second-order valence-electron chi connectivity index (χ2n) is 8.39. The third kappa shape index (κ3) is 4.89. The van der Waals surface area contributed by atoms with Crippen molar-refractivity contribution in [3.8, 4) is 0 Å². The summed E-state index contributed by atoms with van der Waals surface area (Å²) in [6.07, 6.45) is 1.57. The summed E-state index contributed by atoms with van der Waals surface area (Å²) >= 11 is 1.45. The van der Waals surface area contributed by atoms with Crippen LogP contribution < -0.4 is 9.62 Å². The Hall–Kier alpha value is -3.95. The average molecular weight is 518 g/mol. The molecular formula is C27H23N3O4S2. The maximum atomic E-state index is 13.6. The van der Waals surface area contributed by atoms with E-state index < -0.39 is 10.0 Å². The Morgan fingerprint density at radius 1 is 1.00 bits per heavy atom. The highest BCUT2D eigenvalue weighted by atomic mass is 32.2. The Morgan fingerprint density at radius 3 is 2.44 bits per heavy atom. The molecule has 9 heteroatoms. The number of anilines is 2. The van der Waals surface area contributed by atoms with E-state index in [-0.39, 0.29) is 17.3 Å². The number of aromatic nitrogens is 1. The first-order valence-electron chi connectivity index (χ1n) is 11.2. The Bertz CT molecular complexity index is 1630. The van der Waals surface area contributed by atoms with E-state index in [2.05, 4.69) is 16.9 Å². The Labute approximate surface area is 213 Å². The number of amides is 1. The summed E-state index contributed by atoms with van der Waals surface area (Å²) in [6, 6.07) is 22.2. The molecule has 36 heavy (non-hydrogen) atoms. The molecule has 0 aliphatic heterocycles. The number of sulfonamides is 1. The van der Waals surface area contributed by atoms with Crippen LogP contribution in [0.4, 0.5) is 10.8 Å². The number of aryl methyl sites for hydroxylation is 2. The molecule has 0 atom stereocenters. The minimum Gasteiger partial charge on any atom is -0.467 e. The molecule has 0 fully saturated rings. The second kappa shape index (κ2) is 9.60. The van der Waals surface area contributed by atoms with Gasteiger partial charge in [0.05, 0.1) is 27.9 Å². The number of hydrogen-bond donors (Lipinski definition) is 1. The van der Waals surface area contributed by atoms with Crippen LogP contribution >= 0.6 is 11.3 Å². The van der Waals surface area contributed by atoms with Crippen LogP contribution in [0.1, 0.15) is 27.2 Å². The monoisotopic (exact) mass is 517 g/mol. The zero-order chi connectivity index (χ0) is 25.3. The van der Waals surface area contributed by atoms with Gasteiger partial charge >= 0.3 is 0 Å². The zero-order valence-corrected chi connectivity index (χ0v) is 21.3. The molecule has 0 aliphatic carbocycles. The van der Waals surface area contributed by atoms with E-state index in [4.69, 9.17) is 9.40 Å². The van der Waals surface area contributed by atoms with E-state index in [1.54, 1.807) is 59.7 Å². The summed E-state index contributed by atoms with van der Waals surface area (Å²) in [5.74, 6) is 0.361. The van der Waals surface area contributed by atoms with Crippen molar-refractivity contribution in [2.24, 2.45) is 0 Å². The fourth-order valence-electron chi connectivity index (χ4n) is 3.91. The number of nitrogens with zero attached hydrogens (tertiary/aromatic N) is 2. The molecule has 7 nitrogen and oxygen atoms in total. The molecule has 0 spiro atoms. The van der Waals surface area contributed by atoms with Crippen LogP contribution in [0.25, 0.3) is 10.2 Å². The minimum atomic E-state index is -3.73.